The number of nitrogens with zero attached hydrogens (tertiary/aromatic N) is 2. The van der Waals surface area contributed by atoms with Gasteiger partial charge in [-0.25, -0.2) is 13.2 Å². The monoisotopic (exact) mass is 443 g/mol. The summed E-state index contributed by atoms with van der Waals surface area (Å²) in [5.41, 5.74) is 1.66. The maximum atomic E-state index is 12.8. The molecule has 156 valence electrons. The minimum absolute atomic E-state index is 0.298. The summed E-state index contributed by atoms with van der Waals surface area (Å²) in [7, 11) is -3.50. The predicted octanol–water partition coefficient (Wildman–Crippen LogP) is 2.80. The summed E-state index contributed by atoms with van der Waals surface area (Å²) < 4.78 is 32.3. The van der Waals surface area contributed by atoms with Crippen LogP contribution in [0.1, 0.15) is 5.56 Å². The van der Waals surface area contributed by atoms with E-state index in [0.29, 0.717) is 47.5 Å². The van der Waals surface area contributed by atoms with Crippen molar-refractivity contribution < 1.29 is 12.8 Å². The van der Waals surface area contributed by atoms with E-state index >= 15 is 0 Å². The van der Waals surface area contributed by atoms with E-state index in [2.05, 4.69) is 5.32 Å². The summed E-state index contributed by atoms with van der Waals surface area (Å²) >= 11 is 5.51. The fraction of sp³-hybridized carbons (Fsp3) is 0.238. The van der Waals surface area contributed by atoms with Crippen LogP contribution in [0.25, 0.3) is 11.0 Å². The minimum Gasteiger partial charge on any atom is -0.423 e. The van der Waals surface area contributed by atoms with Crippen LogP contribution in [0.5, 0.6) is 0 Å². The Labute approximate surface area is 180 Å². The molecule has 9 heteroatoms. The average Bonchev–Trinajstić information content (AvgIpc) is 2.74. The first-order chi connectivity index (χ1) is 14.3. The Morgan fingerprint density at radius 3 is 2.43 bits per heavy atom. The van der Waals surface area contributed by atoms with Crippen LogP contribution >= 0.6 is 12.2 Å². The molecule has 0 radical (unpaired) electrons. The van der Waals surface area contributed by atoms with Crippen LogP contribution in [-0.2, 0) is 10.0 Å². The summed E-state index contributed by atoms with van der Waals surface area (Å²) in [4.78, 5) is 13.9. The lowest BCUT2D eigenvalue weighted by atomic mass is 10.1. The van der Waals surface area contributed by atoms with Gasteiger partial charge in [0.25, 0.3) is 0 Å². The molecule has 1 fully saturated rings. The van der Waals surface area contributed by atoms with Gasteiger partial charge in [-0.2, -0.15) is 4.31 Å². The third kappa shape index (κ3) is 4.09. The van der Waals surface area contributed by atoms with Gasteiger partial charge in [0.2, 0.25) is 10.0 Å². The summed E-state index contributed by atoms with van der Waals surface area (Å²) in [5, 5.41) is 4.52. The quantitative estimate of drug-likeness (QED) is 0.492. The first-order valence-corrected chi connectivity index (χ1v) is 11.3. The van der Waals surface area contributed by atoms with E-state index in [1.165, 1.54) is 10.4 Å². The molecule has 0 atom stereocenters. The fourth-order valence-electron chi connectivity index (χ4n) is 3.48. The molecule has 0 aliphatic carbocycles. The van der Waals surface area contributed by atoms with Gasteiger partial charge in [-0.15, -0.1) is 0 Å². The van der Waals surface area contributed by atoms with Crippen LogP contribution in [0.2, 0.25) is 0 Å². The van der Waals surface area contributed by atoms with Crippen LogP contribution in [0, 0.1) is 6.92 Å². The van der Waals surface area contributed by atoms with Crippen molar-refractivity contribution in [2.24, 2.45) is 0 Å². The zero-order valence-electron chi connectivity index (χ0n) is 16.4. The highest BCUT2D eigenvalue weighted by Crippen LogP contribution is 2.22. The Bertz CT molecular complexity index is 1250. The zero-order chi connectivity index (χ0) is 21.3. The Hall–Kier alpha value is -2.75. The number of nitrogens with one attached hydrogen (secondary N) is 1. The molecule has 0 bridgehead atoms. The van der Waals surface area contributed by atoms with E-state index in [1.807, 2.05) is 24.0 Å². The molecular formula is C21H21N3O4S2. The second-order valence-electron chi connectivity index (χ2n) is 7.09. The lowest BCUT2D eigenvalue weighted by molar-refractivity contribution is 0.268. The Morgan fingerprint density at radius 1 is 1.03 bits per heavy atom. The van der Waals surface area contributed by atoms with Crippen molar-refractivity contribution in [3.8, 4) is 0 Å². The van der Waals surface area contributed by atoms with Crippen molar-refractivity contribution in [1.82, 2.24) is 9.21 Å². The third-order valence-electron chi connectivity index (χ3n) is 5.11. The van der Waals surface area contributed by atoms with Crippen LogP contribution in [-0.4, -0.2) is 48.9 Å². The second-order valence-corrected chi connectivity index (χ2v) is 9.42. The molecule has 2 heterocycles. The molecule has 0 amide bonds. The number of hydrogen-bond acceptors (Lipinski definition) is 5. The topological polar surface area (TPSA) is 82.9 Å². The second kappa shape index (κ2) is 8.17. The normalized spacial score (nSPS) is 15.3. The maximum absolute atomic E-state index is 12.8. The number of fused-ring (bicyclic) bond motifs is 1. The number of anilines is 1. The number of hydrogen-bond donors (Lipinski definition) is 1. The Balaban J connectivity index is 1.42. The van der Waals surface area contributed by atoms with Crippen molar-refractivity contribution in [1.29, 1.82) is 0 Å². The van der Waals surface area contributed by atoms with E-state index < -0.39 is 15.6 Å². The van der Waals surface area contributed by atoms with E-state index in [-0.39, 0.29) is 0 Å². The van der Waals surface area contributed by atoms with Gasteiger partial charge in [0.15, 0.2) is 5.11 Å². The zero-order valence-corrected chi connectivity index (χ0v) is 18.0. The van der Waals surface area contributed by atoms with E-state index in [1.54, 1.807) is 36.4 Å². The van der Waals surface area contributed by atoms with Crippen LogP contribution in [0.15, 0.2) is 68.7 Å². The molecule has 1 saturated heterocycles. The smallest absolute Gasteiger partial charge is 0.336 e. The summed E-state index contributed by atoms with van der Waals surface area (Å²) in [6, 6.07) is 15.4. The van der Waals surface area contributed by atoms with Crippen LogP contribution < -0.4 is 10.9 Å². The van der Waals surface area contributed by atoms with Crippen LogP contribution in [0.3, 0.4) is 0 Å². The molecule has 1 N–H and O–H groups in total. The number of rotatable bonds is 3. The molecule has 0 saturated carbocycles. The van der Waals surface area contributed by atoms with Crippen molar-refractivity contribution in [2.45, 2.75) is 11.8 Å². The molecule has 3 aromatic rings. The predicted molar refractivity (Wildman–Crippen MR) is 120 cm³/mol. The van der Waals surface area contributed by atoms with Gasteiger partial charge < -0.3 is 14.6 Å². The number of sulfonamides is 1. The number of thiocarbonyl (C=S) groups is 1. The van der Waals surface area contributed by atoms with Crippen molar-refractivity contribution in [2.75, 3.05) is 31.5 Å². The Morgan fingerprint density at radius 2 is 1.73 bits per heavy atom. The third-order valence-corrected chi connectivity index (χ3v) is 7.38. The highest BCUT2D eigenvalue weighted by molar-refractivity contribution is 7.89. The minimum atomic E-state index is -3.50. The molecule has 1 aromatic heterocycles. The maximum Gasteiger partial charge on any atom is 0.336 e. The molecule has 1 aliphatic heterocycles. The lowest BCUT2D eigenvalue weighted by Crippen LogP contribution is -2.51. The lowest BCUT2D eigenvalue weighted by Gasteiger charge is -2.35. The van der Waals surface area contributed by atoms with Gasteiger partial charge in [-0.1, -0.05) is 18.2 Å². The van der Waals surface area contributed by atoms with Gasteiger partial charge in [0.1, 0.15) is 5.58 Å². The number of aryl methyl sites for hydroxylation is 1. The summed E-state index contributed by atoms with van der Waals surface area (Å²) in [6.45, 7) is 3.54. The van der Waals surface area contributed by atoms with Gasteiger partial charge in [0, 0.05) is 49.4 Å². The highest BCUT2D eigenvalue weighted by Gasteiger charge is 2.29. The summed E-state index contributed by atoms with van der Waals surface area (Å²) in [6.07, 6.45) is 0. The Kier molecular flexibility index (Phi) is 5.59. The van der Waals surface area contributed by atoms with Crippen LogP contribution in [0.4, 0.5) is 5.69 Å². The first-order valence-electron chi connectivity index (χ1n) is 9.50. The van der Waals surface area contributed by atoms with Gasteiger partial charge in [-0.3, -0.25) is 0 Å². The molecule has 7 nitrogen and oxygen atoms in total. The van der Waals surface area contributed by atoms with Gasteiger partial charge in [-0.05, 0) is 49.0 Å². The molecule has 0 spiro atoms. The van der Waals surface area contributed by atoms with Crippen molar-refractivity contribution >= 4 is 44.0 Å². The molecule has 2 aromatic carbocycles. The first kappa shape index (κ1) is 20.5. The fourth-order valence-corrected chi connectivity index (χ4v) is 5.22. The average molecular weight is 444 g/mol. The number of benzene rings is 2. The highest BCUT2D eigenvalue weighted by atomic mass is 32.2. The SMILES string of the molecule is Cc1cc(=O)oc2cc(NC(=S)N3CCN(S(=O)(=O)c4ccccc4)CC3)ccc12. The molecule has 4 rings (SSSR count). The van der Waals surface area contributed by atoms with E-state index in [0.717, 1.165) is 10.9 Å². The van der Waals surface area contributed by atoms with Crippen molar-refractivity contribution in [3.63, 3.8) is 0 Å². The largest absolute Gasteiger partial charge is 0.423 e. The molecule has 0 unspecified atom stereocenters. The van der Waals surface area contributed by atoms with E-state index in [9.17, 15) is 13.2 Å². The molecular weight excluding hydrogens is 422 g/mol. The number of piperazine rings is 1. The standard InChI is InChI=1S/C21H21N3O4S2/c1-15-13-20(25)28-19-14-16(7-8-18(15)19)22-21(29)23-9-11-24(12-10-23)30(26,27)17-5-3-2-4-6-17/h2-8,13-14H,9-12H2,1H3,(H,22,29). The molecule has 30 heavy (non-hydrogen) atoms. The van der Waals surface area contributed by atoms with Crippen molar-refractivity contribution in [3.05, 3.63) is 70.6 Å². The van der Waals surface area contributed by atoms with E-state index in [4.69, 9.17) is 16.6 Å². The van der Waals surface area contributed by atoms with Gasteiger partial charge in [0.05, 0.1) is 4.90 Å². The molecule has 1 aliphatic rings. The summed E-state index contributed by atoms with van der Waals surface area (Å²) in [5.74, 6) is 0. The van der Waals surface area contributed by atoms with Gasteiger partial charge >= 0.3 is 5.63 Å².